The van der Waals surface area contributed by atoms with Crippen molar-refractivity contribution in [2.24, 2.45) is 17.8 Å². The highest BCUT2D eigenvalue weighted by molar-refractivity contribution is 5.79. The van der Waals surface area contributed by atoms with E-state index in [9.17, 15) is 4.79 Å². The van der Waals surface area contributed by atoms with Gasteiger partial charge in [-0.2, -0.15) is 0 Å². The van der Waals surface area contributed by atoms with E-state index in [2.05, 4.69) is 6.92 Å². The molecule has 0 saturated heterocycles. The second-order valence-corrected chi connectivity index (χ2v) is 4.72. The van der Waals surface area contributed by atoms with Crippen LogP contribution >= 0.6 is 0 Å². The van der Waals surface area contributed by atoms with Crippen LogP contribution in [0.2, 0.25) is 0 Å². The molecule has 3 atom stereocenters. The van der Waals surface area contributed by atoms with Gasteiger partial charge < -0.3 is 0 Å². The largest absolute Gasteiger partial charge is 0.300 e. The number of Topliss-reactive ketones (excluding diaryl/α,β-unsaturated/α-hetero) is 1. The van der Waals surface area contributed by atoms with E-state index in [1.165, 1.54) is 25.7 Å². The fraction of sp³-hybridized carbons (Fsp3) is 0.909. The summed E-state index contributed by atoms with van der Waals surface area (Å²) in [6.45, 7) is 2.35. The third-order valence-corrected chi connectivity index (χ3v) is 3.69. The quantitative estimate of drug-likeness (QED) is 0.541. The van der Waals surface area contributed by atoms with E-state index < -0.39 is 0 Å². The standard InChI is InChI=1S/C11H18O/c1-8-2-3-10-7-11(12)5-4-9(10)6-8/h8-10H,2-7H2,1H3/t8-,9-,10-/m1/s1. The molecule has 0 spiro atoms. The Kier molecular flexibility index (Phi) is 2.20. The second-order valence-electron chi connectivity index (χ2n) is 4.72. The van der Waals surface area contributed by atoms with Crippen LogP contribution in [0.4, 0.5) is 0 Å². The zero-order chi connectivity index (χ0) is 8.55. The van der Waals surface area contributed by atoms with Crippen molar-refractivity contribution < 1.29 is 4.79 Å². The van der Waals surface area contributed by atoms with Crippen LogP contribution in [-0.2, 0) is 4.79 Å². The molecule has 0 unspecified atom stereocenters. The van der Waals surface area contributed by atoms with Crippen molar-refractivity contribution in [1.82, 2.24) is 0 Å². The van der Waals surface area contributed by atoms with Gasteiger partial charge in [0.25, 0.3) is 0 Å². The van der Waals surface area contributed by atoms with Crippen LogP contribution in [0, 0.1) is 17.8 Å². The number of carbonyl (C=O) groups is 1. The van der Waals surface area contributed by atoms with E-state index in [0.29, 0.717) is 5.78 Å². The van der Waals surface area contributed by atoms with Crippen LogP contribution in [0.3, 0.4) is 0 Å². The summed E-state index contributed by atoms with van der Waals surface area (Å²) >= 11 is 0. The minimum atomic E-state index is 0.519. The van der Waals surface area contributed by atoms with Crippen molar-refractivity contribution in [3.05, 3.63) is 0 Å². The van der Waals surface area contributed by atoms with Gasteiger partial charge in [-0.05, 0) is 37.0 Å². The lowest BCUT2D eigenvalue weighted by molar-refractivity contribution is -0.123. The molecule has 0 amide bonds. The molecule has 2 saturated carbocycles. The van der Waals surface area contributed by atoms with E-state index in [1.54, 1.807) is 0 Å². The van der Waals surface area contributed by atoms with Crippen molar-refractivity contribution in [3.63, 3.8) is 0 Å². The average molecular weight is 166 g/mol. The summed E-state index contributed by atoms with van der Waals surface area (Å²) in [6.07, 6.45) is 7.02. The van der Waals surface area contributed by atoms with Crippen molar-refractivity contribution >= 4 is 5.78 Å². The molecule has 68 valence electrons. The minimum Gasteiger partial charge on any atom is -0.300 e. The summed E-state index contributed by atoms with van der Waals surface area (Å²) in [6, 6.07) is 0. The molecule has 2 aliphatic carbocycles. The van der Waals surface area contributed by atoms with Gasteiger partial charge in [-0.3, -0.25) is 4.79 Å². The highest BCUT2D eigenvalue weighted by Crippen LogP contribution is 2.41. The van der Waals surface area contributed by atoms with Crippen molar-refractivity contribution in [1.29, 1.82) is 0 Å². The van der Waals surface area contributed by atoms with Crippen LogP contribution in [-0.4, -0.2) is 5.78 Å². The van der Waals surface area contributed by atoms with Gasteiger partial charge in [0.1, 0.15) is 5.78 Å². The zero-order valence-corrected chi connectivity index (χ0v) is 7.88. The van der Waals surface area contributed by atoms with Gasteiger partial charge in [-0.25, -0.2) is 0 Å². The Morgan fingerprint density at radius 1 is 1.17 bits per heavy atom. The number of hydrogen-bond acceptors (Lipinski definition) is 1. The summed E-state index contributed by atoms with van der Waals surface area (Å²) in [4.78, 5) is 11.2. The first-order valence-electron chi connectivity index (χ1n) is 5.27. The molecule has 2 aliphatic rings. The Balaban J connectivity index is 1.98. The maximum absolute atomic E-state index is 11.2. The molecule has 0 heterocycles. The first kappa shape index (κ1) is 8.28. The van der Waals surface area contributed by atoms with Crippen molar-refractivity contribution in [2.45, 2.75) is 45.4 Å². The smallest absolute Gasteiger partial charge is 0.133 e. The third kappa shape index (κ3) is 1.55. The molecule has 12 heavy (non-hydrogen) atoms. The van der Waals surface area contributed by atoms with Crippen LogP contribution in [0.5, 0.6) is 0 Å². The predicted molar refractivity (Wildman–Crippen MR) is 48.9 cm³/mol. The van der Waals surface area contributed by atoms with Gasteiger partial charge in [0.15, 0.2) is 0 Å². The molecule has 0 aliphatic heterocycles. The van der Waals surface area contributed by atoms with Crippen molar-refractivity contribution in [3.8, 4) is 0 Å². The van der Waals surface area contributed by atoms with Gasteiger partial charge in [-0.1, -0.05) is 13.3 Å². The number of fused-ring (bicyclic) bond motifs is 1. The lowest BCUT2D eigenvalue weighted by atomic mass is 9.68. The normalized spacial score (nSPS) is 42.4. The molecule has 0 aromatic rings. The molecule has 2 rings (SSSR count). The molecule has 2 fully saturated rings. The number of hydrogen-bond donors (Lipinski definition) is 0. The molecular weight excluding hydrogens is 148 g/mol. The molecule has 1 nitrogen and oxygen atoms in total. The molecular formula is C11H18O. The Hall–Kier alpha value is -0.330. The van der Waals surface area contributed by atoms with Gasteiger partial charge in [0.2, 0.25) is 0 Å². The Morgan fingerprint density at radius 2 is 2.00 bits per heavy atom. The Bertz CT molecular complexity index is 185. The summed E-state index contributed by atoms with van der Waals surface area (Å²) in [5, 5.41) is 0. The van der Waals surface area contributed by atoms with E-state index >= 15 is 0 Å². The van der Waals surface area contributed by atoms with Crippen molar-refractivity contribution in [2.75, 3.05) is 0 Å². The maximum atomic E-state index is 11.2. The fourth-order valence-corrected chi connectivity index (χ4v) is 2.92. The molecule has 0 N–H and O–H groups in total. The summed E-state index contributed by atoms with van der Waals surface area (Å²) < 4.78 is 0. The van der Waals surface area contributed by atoms with Gasteiger partial charge in [0.05, 0.1) is 0 Å². The van der Waals surface area contributed by atoms with E-state index in [-0.39, 0.29) is 0 Å². The summed E-state index contributed by atoms with van der Waals surface area (Å²) in [5.74, 6) is 3.10. The Morgan fingerprint density at radius 3 is 2.83 bits per heavy atom. The van der Waals surface area contributed by atoms with E-state index in [0.717, 1.165) is 30.6 Å². The SMILES string of the molecule is C[C@@H]1CC[C@@H]2CC(=O)CC[C@@H]2C1. The van der Waals surface area contributed by atoms with Crippen LogP contribution < -0.4 is 0 Å². The number of rotatable bonds is 0. The lowest BCUT2D eigenvalue weighted by Crippen LogP contribution is -2.30. The Labute approximate surface area is 74.5 Å². The summed E-state index contributed by atoms with van der Waals surface area (Å²) in [7, 11) is 0. The second kappa shape index (κ2) is 3.20. The topological polar surface area (TPSA) is 17.1 Å². The number of carbonyl (C=O) groups excluding carboxylic acids is 1. The van der Waals surface area contributed by atoms with Crippen LogP contribution in [0.25, 0.3) is 0 Å². The molecule has 1 heteroatoms. The van der Waals surface area contributed by atoms with Crippen LogP contribution in [0.1, 0.15) is 45.4 Å². The molecule has 0 radical (unpaired) electrons. The predicted octanol–water partition coefficient (Wildman–Crippen LogP) is 2.79. The fourth-order valence-electron chi connectivity index (χ4n) is 2.92. The first-order chi connectivity index (χ1) is 5.75. The average Bonchev–Trinajstić information content (AvgIpc) is 2.05. The maximum Gasteiger partial charge on any atom is 0.133 e. The minimum absolute atomic E-state index is 0.519. The first-order valence-corrected chi connectivity index (χ1v) is 5.27. The van der Waals surface area contributed by atoms with Crippen LogP contribution in [0.15, 0.2) is 0 Å². The highest BCUT2D eigenvalue weighted by Gasteiger charge is 2.33. The molecule has 0 bridgehead atoms. The third-order valence-electron chi connectivity index (χ3n) is 3.69. The summed E-state index contributed by atoms with van der Waals surface area (Å²) in [5.41, 5.74) is 0. The molecule has 0 aromatic carbocycles. The zero-order valence-electron chi connectivity index (χ0n) is 7.88. The highest BCUT2D eigenvalue weighted by atomic mass is 16.1. The van der Waals surface area contributed by atoms with E-state index in [4.69, 9.17) is 0 Å². The number of ketones is 1. The lowest BCUT2D eigenvalue weighted by Gasteiger charge is -2.37. The molecule has 0 aromatic heterocycles. The van der Waals surface area contributed by atoms with Gasteiger partial charge in [-0.15, -0.1) is 0 Å². The van der Waals surface area contributed by atoms with Gasteiger partial charge in [0, 0.05) is 12.8 Å². The monoisotopic (exact) mass is 166 g/mol. The van der Waals surface area contributed by atoms with E-state index in [1.807, 2.05) is 0 Å². The van der Waals surface area contributed by atoms with Gasteiger partial charge >= 0.3 is 0 Å².